The molecule has 0 aliphatic rings. The maximum absolute atomic E-state index is 12.5. The van der Waals surface area contributed by atoms with Crippen molar-refractivity contribution < 1.29 is 22.7 Å². The molecule has 0 N–H and O–H groups in total. The second-order valence-corrected chi connectivity index (χ2v) is 4.66. The highest BCUT2D eigenvalue weighted by molar-refractivity contribution is 6.32. The number of ether oxygens (including phenoxy) is 1. The summed E-state index contributed by atoms with van der Waals surface area (Å²) in [6, 6.07) is 8.48. The molecule has 2 aromatic carbocycles. The van der Waals surface area contributed by atoms with Crippen molar-refractivity contribution in [1.82, 2.24) is 0 Å². The first-order chi connectivity index (χ1) is 9.82. The zero-order valence-electron chi connectivity index (χ0n) is 10.9. The van der Waals surface area contributed by atoms with E-state index in [9.17, 15) is 18.0 Å². The Bertz CT molecular complexity index is 664. The number of ketones is 1. The third-order valence-electron chi connectivity index (χ3n) is 2.89. The molecule has 0 saturated heterocycles. The van der Waals surface area contributed by atoms with Gasteiger partial charge in [0.2, 0.25) is 0 Å². The molecule has 0 aliphatic heterocycles. The van der Waals surface area contributed by atoms with E-state index in [1.165, 1.54) is 25.3 Å². The highest BCUT2D eigenvalue weighted by Gasteiger charge is 2.30. The quantitative estimate of drug-likeness (QED) is 0.774. The fourth-order valence-electron chi connectivity index (χ4n) is 1.78. The smallest absolute Gasteiger partial charge is 0.416 e. The summed E-state index contributed by atoms with van der Waals surface area (Å²) in [7, 11) is 1.41. The van der Waals surface area contributed by atoms with Crippen molar-refractivity contribution >= 4 is 17.4 Å². The average Bonchev–Trinajstić information content (AvgIpc) is 2.46. The molecule has 0 spiro atoms. The maximum Gasteiger partial charge on any atom is 0.416 e. The Hall–Kier alpha value is -2.01. The molecule has 0 amide bonds. The van der Waals surface area contributed by atoms with Crippen molar-refractivity contribution in [3.63, 3.8) is 0 Å². The Balaban J connectivity index is 2.32. The predicted molar refractivity (Wildman–Crippen MR) is 72.9 cm³/mol. The maximum atomic E-state index is 12.5. The summed E-state index contributed by atoms with van der Waals surface area (Å²) in [4.78, 5) is 12.2. The monoisotopic (exact) mass is 314 g/mol. The van der Waals surface area contributed by atoms with Gasteiger partial charge >= 0.3 is 6.18 Å². The van der Waals surface area contributed by atoms with E-state index in [-0.39, 0.29) is 11.1 Å². The van der Waals surface area contributed by atoms with Crippen molar-refractivity contribution in [2.24, 2.45) is 0 Å². The summed E-state index contributed by atoms with van der Waals surface area (Å²) in [5.41, 5.74) is -0.351. The van der Waals surface area contributed by atoms with Crippen LogP contribution in [0.25, 0.3) is 0 Å². The summed E-state index contributed by atoms with van der Waals surface area (Å²) in [5.74, 6) is -0.0758. The lowest BCUT2D eigenvalue weighted by atomic mass is 10.0. The van der Waals surface area contributed by atoms with E-state index < -0.39 is 17.5 Å². The van der Waals surface area contributed by atoms with Crippen LogP contribution in [0.3, 0.4) is 0 Å². The minimum atomic E-state index is -4.43. The van der Waals surface area contributed by atoms with Crippen LogP contribution in [0.1, 0.15) is 21.5 Å². The number of halogens is 4. The fraction of sp³-hybridized carbons (Fsp3) is 0.133. The van der Waals surface area contributed by atoms with Crippen molar-refractivity contribution in [2.75, 3.05) is 7.11 Å². The molecular formula is C15H10ClF3O2. The number of alkyl halides is 3. The molecule has 2 rings (SSSR count). The molecule has 0 aromatic heterocycles. The van der Waals surface area contributed by atoms with Crippen LogP contribution in [0.2, 0.25) is 5.02 Å². The number of methoxy groups -OCH3 is 1. The highest BCUT2D eigenvalue weighted by Crippen LogP contribution is 2.30. The molecule has 0 saturated carbocycles. The second kappa shape index (κ2) is 5.77. The van der Waals surface area contributed by atoms with Crippen molar-refractivity contribution in [2.45, 2.75) is 6.18 Å². The third-order valence-corrected chi connectivity index (χ3v) is 3.20. The summed E-state index contributed by atoms with van der Waals surface area (Å²) >= 11 is 5.86. The molecule has 2 nitrogen and oxygen atoms in total. The third kappa shape index (κ3) is 3.36. The molecule has 0 radical (unpaired) electrons. The first kappa shape index (κ1) is 15.4. The van der Waals surface area contributed by atoms with Gasteiger partial charge in [-0.1, -0.05) is 23.7 Å². The summed E-state index contributed by atoms with van der Waals surface area (Å²) in [6.07, 6.45) is -4.43. The molecule has 21 heavy (non-hydrogen) atoms. The first-order valence-electron chi connectivity index (χ1n) is 5.88. The van der Waals surface area contributed by atoms with Gasteiger partial charge < -0.3 is 4.74 Å². The van der Waals surface area contributed by atoms with E-state index in [0.29, 0.717) is 10.8 Å². The van der Waals surface area contributed by atoms with Gasteiger partial charge in [-0.3, -0.25) is 4.79 Å². The fourth-order valence-corrected chi connectivity index (χ4v) is 1.97. The molecule has 0 heterocycles. The SMILES string of the molecule is COc1cc(C(=O)c2ccc(C(F)(F)F)cc2)ccc1Cl. The Kier molecular flexibility index (Phi) is 4.23. The average molecular weight is 315 g/mol. The van der Waals surface area contributed by atoms with E-state index in [0.717, 1.165) is 24.3 Å². The largest absolute Gasteiger partial charge is 0.495 e. The van der Waals surface area contributed by atoms with Gasteiger partial charge in [0.1, 0.15) is 5.75 Å². The topological polar surface area (TPSA) is 26.3 Å². The van der Waals surface area contributed by atoms with Gasteiger partial charge in [0, 0.05) is 11.1 Å². The van der Waals surface area contributed by atoms with Crippen molar-refractivity contribution in [1.29, 1.82) is 0 Å². The molecule has 6 heteroatoms. The van der Waals surface area contributed by atoms with E-state index in [1.54, 1.807) is 0 Å². The van der Waals surface area contributed by atoms with Gasteiger partial charge in [0.05, 0.1) is 17.7 Å². The van der Waals surface area contributed by atoms with Crippen molar-refractivity contribution in [3.05, 3.63) is 64.2 Å². The highest BCUT2D eigenvalue weighted by atomic mass is 35.5. The number of hydrogen-bond donors (Lipinski definition) is 0. The number of carbonyl (C=O) groups excluding carboxylic acids is 1. The zero-order chi connectivity index (χ0) is 15.6. The van der Waals surface area contributed by atoms with E-state index in [4.69, 9.17) is 16.3 Å². The Labute approximate surface area is 124 Å². The Morgan fingerprint density at radius 2 is 1.62 bits per heavy atom. The lowest BCUT2D eigenvalue weighted by Crippen LogP contribution is -2.06. The van der Waals surface area contributed by atoms with Crippen LogP contribution in [0.15, 0.2) is 42.5 Å². The van der Waals surface area contributed by atoms with Gasteiger partial charge in [0.25, 0.3) is 0 Å². The van der Waals surface area contributed by atoms with Crippen LogP contribution in [-0.2, 0) is 6.18 Å². The summed E-state index contributed by atoms with van der Waals surface area (Å²) < 4.78 is 42.4. The first-order valence-corrected chi connectivity index (χ1v) is 6.26. The molecule has 0 fully saturated rings. The molecule has 0 bridgehead atoms. The lowest BCUT2D eigenvalue weighted by molar-refractivity contribution is -0.137. The predicted octanol–water partition coefficient (Wildman–Crippen LogP) is 4.60. The zero-order valence-corrected chi connectivity index (χ0v) is 11.6. The van der Waals surface area contributed by atoms with E-state index >= 15 is 0 Å². The number of rotatable bonds is 3. The van der Waals surface area contributed by atoms with Crippen LogP contribution >= 0.6 is 11.6 Å². The minimum absolute atomic E-state index is 0.160. The van der Waals surface area contributed by atoms with Crippen molar-refractivity contribution in [3.8, 4) is 5.75 Å². The lowest BCUT2D eigenvalue weighted by Gasteiger charge is -2.08. The molecule has 0 unspecified atom stereocenters. The van der Waals surface area contributed by atoms with Gasteiger partial charge in [-0.05, 0) is 30.3 Å². The Morgan fingerprint density at radius 3 is 2.14 bits per heavy atom. The van der Waals surface area contributed by atoms with Crippen LogP contribution in [0.4, 0.5) is 13.2 Å². The molecule has 110 valence electrons. The van der Waals surface area contributed by atoms with Gasteiger partial charge in [0.15, 0.2) is 5.78 Å². The molecule has 0 atom stereocenters. The van der Waals surface area contributed by atoms with Gasteiger partial charge in [-0.15, -0.1) is 0 Å². The molecule has 0 aliphatic carbocycles. The number of hydrogen-bond acceptors (Lipinski definition) is 2. The van der Waals surface area contributed by atoms with Gasteiger partial charge in [-0.2, -0.15) is 13.2 Å². The number of carbonyl (C=O) groups is 1. The summed E-state index contributed by atoms with van der Waals surface area (Å²) in [5, 5.41) is 0.349. The van der Waals surface area contributed by atoms with Crippen LogP contribution in [-0.4, -0.2) is 12.9 Å². The second-order valence-electron chi connectivity index (χ2n) is 4.25. The minimum Gasteiger partial charge on any atom is -0.495 e. The Morgan fingerprint density at radius 1 is 1.05 bits per heavy atom. The van der Waals surface area contributed by atoms with Crippen LogP contribution in [0, 0.1) is 0 Å². The van der Waals surface area contributed by atoms with Crippen LogP contribution < -0.4 is 4.74 Å². The normalized spacial score (nSPS) is 11.3. The van der Waals surface area contributed by atoms with E-state index in [2.05, 4.69) is 0 Å². The molecular weight excluding hydrogens is 305 g/mol. The molecule has 2 aromatic rings. The van der Waals surface area contributed by atoms with Gasteiger partial charge in [-0.25, -0.2) is 0 Å². The summed E-state index contributed by atoms with van der Waals surface area (Å²) in [6.45, 7) is 0. The van der Waals surface area contributed by atoms with Crippen LogP contribution in [0.5, 0.6) is 5.75 Å². The standard InChI is InChI=1S/C15H10ClF3O2/c1-21-13-8-10(4-7-12(13)16)14(20)9-2-5-11(6-3-9)15(17,18)19/h2-8H,1H3. The van der Waals surface area contributed by atoms with E-state index in [1.807, 2.05) is 0 Å². The number of benzene rings is 2.